The van der Waals surface area contributed by atoms with Crippen LogP contribution in [0.1, 0.15) is 43.9 Å². The van der Waals surface area contributed by atoms with Crippen molar-refractivity contribution < 1.29 is 13.7 Å². The van der Waals surface area contributed by atoms with E-state index in [9.17, 15) is 4.39 Å². The van der Waals surface area contributed by atoms with Crippen LogP contribution in [0.5, 0.6) is 0 Å². The summed E-state index contributed by atoms with van der Waals surface area (Å²) in [6.07, 6.45) is 2.23. The van der Waals surface area contributed by atoms with E-state index in [1.165, 1.54) is 12.1 Å². The van der Waals surface area contributed by atoms with Gasteiger partial charge < -0.3 is 9.26 Å². The quantitative estimate of drug-likeness (QED) is 0.709. The topological polar surface area (TPSA) is 35.3 Å². The van der Waals surface area contributed by atoms with Gasteiger partial charge in [-0.1, -0.05) is 28.4 Å². The molecular formula is C16H16Cl2FNO2. The van der Waals surface area contributed by atoms with Crippen LogP contribution in [0, 0.1) is 5.82 Å². The highest BCUT2D eigenvalue weighted by atomic mass is 35.5. The van der Waals surface area contributed by atoms with E-state index in [1.54, 1.807) is 0 Å². The molecule has 2 aromatic rings. The van der Waals surface area contributed by atoms with Crippen molar-refractivity contribution in [2.24, 2.45) is 0 Å². The summed E-state index contributed by atoms with van der Waals surface area (Å²) in [5, 5.41) is 4.56. The molecule has 0 unspecified atom stereocenters. The van der Waals surface area contributed by atoms with E-state index in [4.69, 9.17) is 32.5 Å². The number of nitrogens with zero attached hydrogens (tertiary/aromatic N) is 1. The largest absolute Gasteiger partial charge is 0.374 e. The second-order valence-electron chi connectivity index (χ2n) is 5.75. The average molecular weight is 344 g/mol. The molecule has 3 rings (SSSR count). The van der Waals surface area contributed by atoms with Crippen molar-refractivity contribution >= 4 is 23.2 Å². The second-order valence-corrected chi connectivity index (χ2v) is 6.57. The molecule has 0 spiro atoms. The van der Waals surface area contributed by atoms with Gasteiger partial charge in [0.15, 0.2) is 0 Å². The Morgan fingerprint density at radius 2 is 1.95 bits per heavy atom. The molecule has 0 radical (unpaired) electrons. The van der Waals surface area contributed by atoms with E-state index < -0.39 is 5.82 Å². The molecule has 0 saturated heterocycles. The molecule has 0 N–H and O–H groups in total. The van der Waals surface area contributed by atoms with Gasteiger partial charge in [-0.15, -0.1) is 0 Å². The van der Waals surface area contributed by atoms with Gasteiger partial charge in [-0.05, 0) is 38.8 Å². The molecule has 0 amide bonds. The van der Waals surface area contributed by atoms with E-state index in [0.29, 0.717) is 23.8 Å². The van der Waals surface area contributed by atoms with Gasteiger partial charge in [-0.25, -0.2) is 4.39 Å². The van der Waals surface area contributed by atoms with Crippen LogP contribution in [0.25, 0.3) is 11.3 Å². The maximum absolute atomic E-state index is 13.4. The van der Waals surface area contributed by atoms with E-state index >= 15 is 0 Å². The molecular weight excluding hydrogens is 328 g/mol. The molecule has 0 aliphatic heterocycles. The summed E-state index contributed by atoms with van der Waals surface area (Å²) in [5.41, 5.74) is 1.88. The van der Waals surface area contributed by atoms with Gasteiger partial charge in [0.1, 0.15) is 17.3 Å². The van der Waals surface area contributed by atoms with Crippen molar-refractivity contribution in [2.75, 3.05) is 0 Å². The second kappa shape index (κ2) is 6.19. The van der Waals surface area contributed by atoms with Crippen molar-refractivity contribution in [1.29, 1.82) is 0 Å². The Morgan fingerprint density at radius 3 is 2.50 bits per heavy atom. The molecule has 1 aromatic carbocycles. The lowest BCUT2D eigenvalue weighted by Crippen LogP contribution is -2.04. The third-order valence-electron chi connectivity index (χ3n) is 3.57. The fourth-order valence-corrected chi connectivity index (χ4v) is 2.98. The summed E-state index contributed by atoms with van der Waals surface area (Å²) in [5.74, 6) is 0.724. The van der Waals surface area contributed by atoms with Crippen LogP contribution in [-0.4, -0.2) is 11.3 Å². The number of benzene rings is 1. The highest BCUT2D eigenvalue weighted by molar-refractivity contribution is 6.39. The minimum Gasteiger partial charge on any atom is -0.374 e. The summed E-state index contributed by atoms with van der Waals surface area (Å²) in [4.78, 5) is 0. The first-order valence-electron chi connectivity index (χ1n) is 7.22. The highest BCUT2D eigenvalue weighted by Crippen LogP contribution is 2.46. The van der Waals surface area contributed by atoms with Crippen LogP contribution in [0.15, 0.2) is 16.7 Å². The molecule has 3 nitrogen and oxygen atoms in total. The van der Waals surface area contributed by atoms with E-state index in [1.807, 2.05) is 13.8 Å². The Kier molecular flexibility index (Phi) is 4.44. The lowest BCUT2D eigenvalue weighted by molar-refractivity contribution is 0.0650. The van der Waals surface area contributed by atoms with Gasteiger partial charge >= 0.3 is 0 Å². The Morgan fingerprint density at radius 1 is 1.32 bits per heavy atom. The van der Waals surface area contributed by atoms with Gasteiger partial charge in [-0.3, -0.25) is 0 Å². The minimum atomic E-state index is -0.482. The number of ether oxygens (including phenoxy) is 1. The maximum Gasteiger partial charge on any atom is 0.145 e. The van der Waals surface area contributed by atoms with E-state index in [-0.39, 0.29) is 16.1 Å². The standard InChI is InChI=1S/C16H16Cl2FNO2/c1-8(2)21-7-11-15(20-22-16(11)9-3-4-9)14-12(17)5-10(19)6-13(14)18/h5-6,8-9H,3-4,7H2,1-2H3. The van der Waals surface area contributed by atoms with Crippen LogP contribution in [-0.2, 0) is 11.3 Å². The summed E-state index contributed by atoms with van der Waals surface area (Å²) in [6.45, 7) is 4.29. The maximum atomic E-state index is 13.4. The minimum absolute atomic E-state index is 0.0777. The van der Waals surface area contributed by atoms with Crippen LogP contribution >= 0.6 is 23.2 Å². The van der Waals surface area contributed by atoms with Gasteiger partial charge in [0, 0.05) is 17.0 Å². The van der Waals surface area contributed by atoms with E-state index in [2.05, 4.69) is 5.16 Å². The highest BCUT2D eigenvalue weighted by Gasteiger charge is 2.33. The fraction of sp³-hybridized carbons (Fsp3) is 0.438. The molecule has 118 valence electrons. The monoisotopic (exact) mass is 343 g/mol. The first kappa shape index (κ1) is 15.8. The molecule has 1 aromatic heterocycles. The third-order valence-corrected chi connectivity index (χ3v) is 4.17. The summed E-state index contributed by atoms with van der Waals surface area (Å²) < 4.78 is 24.6. The normalized spacial score (nSPS) is 14.8. The Balaban J connectivity index is 2.07. The molecule has 0 atom stereocenters. The molecule has 1 saturated carbocycles. The number of halogens is 3. The first-order chi connectivity index (χ1) is 10.5. The number of rotatable bonds is 5. The van der Waals surface area contributed by atoms with Crippen molar-refractivity contribution in [3.8, 4) is 11.3 Å². The predicted molar refractivity (Wildman–Crippen MR) is 83.8 cm³/mol. The Bertz CT molecular complexity index is 672. The molecule has 1 heterocycles. The van der Waals surface area contributed by atoms with E-state index in [0.717, 1.165) is 24.2 Å². The zero-order chi connectivity index (χ0) is 15.9. The number of hydrogen-bond donors (Lipinski definition) is 0. The SMILES string of the molecule is CC(C)OCc1c(-c2c(Cl)cc(F)cc2Cl)noc1C1CC1. The molecule has 1 aliphatic carbocycles. The lowest BCUT2D eigenvalue weighted by Gasteiger charge is -2.10. The summed E-state index contributed by atoms with van der Waals surface area (Å²) in [7, 11) is 0. The van der Waals surface area contributed by atoms with Crippen LogP contribution in [0.4, 0.5) is 4.39 Å². The van der Waals surface area contributed by atoms with Crippen LogP contribution in [0.3, 0.4) is 0 Å². The number of hydrogen-bond acceptors (Lipinski definition) is 3. The van der Waals surface area contributed by atoms with Crippen molar-refractivity contribution in [3.63, 3.8) is 0 Å². The van der Waals surface area contributed by atoms with Crippen molar-refractivity contribution in [3.05, 3.63) is 39.3 Å². The molecule has 1 fully saturated rings. The molecule has 0 bridgehead atoms. The summed E-state index contributed by atoms with van der Waals surface area (Å²) in [6, 6.07) is 2.45. The zero-order valence-electron chi connectivity index (χ0n) is 12.3. The average Bonchev–Trinajstić information content (AvgIpc) is 3.17. The predicted octanol–water partition coefficient (Wildman–Crippen LogP) is 5.59. The lowest BCUT2D eigenvalue weighted by atomic mass is 10.0. The third kappa shape index (κ3) is 3.14. The van der Waals surface area contributed by atoms with Gasteiger partial charge in [-0.2, -0.15) is 0 Å². The molecule has 22 heavy (non-hydrogen) atoms. The van der Waals surface area contributed by atoms with Gasteiger partial charge in [0.25, 0.3) is 0 Å². The van der Waals surface area contributed by atoms with Crippen molar-refractivity contribution in [1.82, 2.24) is 5.16 Å². The summed E-state index contributed by atoms with van der Waals surface area (Å²) >= 11 is 12.3. The zero-order valence-corrected chi connectivity index (χ0v) is 13.8. The molecule has 1 aliphatic rings. The smallest absolute Gasteiger partial charge is 0.145 e. The van der Waals surface area contributed by atoms with Crippen LogP contribution in [0.2, 0.25) is 10.0 Å². The Labute approximate surface area is 138 Å². The Hall–Kier alpha value is -1.10. The van der Waals surface area contributed by atoms with Crippen LogP contribution < -0.4 is 0 Å². The number of aromatic nitrogens is 1. The van der Waals surface area contributed by atoms with Gasteiger partial charge in [0.2, 0.25) is 0 Å². The molecule has 6 heteroatoms. The van der Waals surface area contributed by atoms with Gasteiger partial charge in [0.05, 0.1) is 22.8 Å². The first-order valence-corrected chi connectivity index (χ1v) is 7.98. The fourth-order valence-electron chi connectivity index (χ4n) is 2.34. The van der Waals surface area contributed by atoms with Crippen molar-refractivity contribution in [2.45, 2.75) is 45.3 Å².